The summed E-state index contributed by atoms with van der Waals surface area (Å²) in [6, 6.07) is 0.0379. The zero-order valence-corrected chi connectivity index (χ0v) is 10.8. The Morgan fingerprint density at radius 2 is 1.94 bits per heavy atom. The molecule has 0 radical (unpaired) electrons. The van der Waals surface area contributed by atoms with Gasteiger partial charge in [0.1, 0.15) is 0 Å². The number of hydrazine groups is 1. The summed E-state index contributed by atoms with van der Waals surface area (Å²) < 4.78 is 5.20. The maximum atomic E-state index is 9.25. The van der Waals surface area contributed by atoms with Gasteiger partial charge in [0, 0.05) is 0 Å². The summed E-state index contributed by atoms with van der Waals surface area (Å²) in [5.74, 6) is 6.02. The first-order chi connectivity index (χ1) is 8.60. The molecule has 0 aliphatic carbocycles. The number of anilines is 2. The molecule has 102 valence electrons. The Morgan fingerprint density at radius 1 is 1.28 bits per heavy atom. The summed E-state index contributed by atoms with van der Waals surface area (Å²) in [6.45, 7) is 6.23. The van der Waals surface area contributed by atoms with Gasteiger partial charge in [0.15, 0.2) is 0 Å². The summed E-state index contributed by atoms with van der Waals surface area (Å²) in [6.07, 6.45) is 0. The maximum absolute atomic E-state index is 9.25. The van der Waals surface area contributed by atoms with E-state index in [-0.39, 0.29) is 30.5 Å². The third-order valence-corrected chi connectivity index (χ3v) is 2.33. The van der Waals surface area contributed by atoms with Crippen molar-refractivity contribution in [1.29, 1.82) is 0 Å². The first kappa shape index (κ1) is 14.4. The van der Waals surface area contributed by atoms with Crippen molar-refractivity contribution < 1.29 is 9.84 Å². The van der Waals surface area contributed by atoms with Gasteiger partial charge in [-0.3, -0.25) is 5.43 Å². The minimum Gasteiger partial charge on any atom is -0.464 e. The molecular weight excluding hydrogens is 236 g/mol. The maximum Gasteiger partial charge on any atom is 0.323 e. The highest BCUT2D eigenvalue weighted by Crippen LogP contribution is 2.13. The molecule has 0 saturated carbocycles. The quantitative estimate of drug-likeness (QED) is 0.397. The number of rotatable bonds is 7. The number of ether oxygens (including phenoxy) is 1. The van der Waals surface area contributed by atoms with Gasteiger partial charge in [-0.05, 0) is 12.8 Å². The van der Waals surface area contributed by atoms with Gasteiger partial charge in [-0.25, -0.2) is 5.84 Å². The van der Waals surface area contributed by atoms with Crippen LogP contribution in [0.25, 0.3) is 0 Å². The van der Waals surface area contributed by atoms with Crippen LogP contribution in [0.3, 0.4) is 0 Å². The van der Waals surface area contributed by atoms with E-state index >= 15 is 0 Å². The Kier molecular flexibility index (Phi) is 5.53. The summed E-state index contributed by atoms with van der Waals surface area (Å²) >= 11 is 0. The van der Waals surface area contributed by atoms with Crippen molar-refractivity contribution in [3.8, 4) is 6.01 Å². The number of hydrogen-bond donors (Lipinski definition) is 4. The molecule has 0 spiro atoms. The van der Waals surface area contributed by atoms with Crippen LogP contribution in [0.2, 0.25) is 0 Å². The summed E-state index contributed by atoms with van der Waals surface area (Å²) in [5, 5.41) is 12.3. The monoisotopic (exact) mass is 256 g/mol. The van der Waals surface area contributed by atoms with Gasteiger partial charge >= 0.3 is 6.01 Å². The molecular formula is C10H20N6O2. The Labute approximate surface area is 106 Å². The fraction of sp³-hybridized carbons (Fsp3) is 0.700. The smallest absolute Gasteiger partial charge is 0.323 e. The van der Waals surface area contributed by atoms with Gasteiger partial charge in [0.2, 0.25) is 11.9 Å². The molecule has 0 saturated heterocycles. The van der Waals surface area contributed by atoms with E-state index in [1.54, 1.807) is 0 Å². The minimum atomic E-state index is -0.146. The topological polar surface area (TPSA) is 118 Å². The number of aliphatic hydroxyl groups excluding tert-OH is 1. The van der Waals surface area contributed by atoms with E-state index in [1.165, 1.54) is 0 Å². The zero-order chi connectivity index (χ0) is 13.5. The van der Waals surface area contributed by atoms with Gasteiger partial charge in [0.05, 0.1) is 19.3 Å². The van der Waals surface area contributed by atoms with Crippen molar-refractivity contribution in [2.24, 2.45) is 11.8 Å². The number of nitrogens with one attached hydrogen (secondary N) is 2. The van der Waals surface area contributed by atoms with Gasteiger partial charge in [-0.1, -0.05) is 13.8 Å². The highest BCUT2D eigenvalue weighted by atomic mass is 16.5. The van der Waals surface area contributed by atoms with E-state index in [0.717, 1.165) is 0 Å². The Hall–Kier alpha value is -1.67. The average molecular weight is 256 g/mol. The molecule has 0 aliphatic rings. The van der Waals surface area contributed by atoms with E-state index in [1.807, 2.05) is 20.8 Å². The fourth-order valence-corrected chi connectivity index (χ4v) is 1.27. The molecule has 0 fully saturated rings. The van der Waals surface area contributed by atoms with Crippen molar-refractivity contribution in [3.63, 3.8) is 0 Å². The van der Waals surface area contributed by atoms with Crippen molar-refractivity contribution in [3.05, 3.63) is 0 Å². The second-order valence-corrected chi connectivity index (χ2v) is 4.02. The Bertz CT molecular complexity index is 373. The molecule has 0 bridgehead atoms. The largest absolute Gasteiger partial charge is 0.464 e. The first-order valence-corrected chi connectivity index (χ1v) is 5.83. The van der Waals surface area contributed by atoms with Crippen LogP contribution in [0, 0.1) is 5.92 Å². The normalized spacial score (nSPS) is 12.3. The number of nitrogens with two attached hydrogens (primary N) is 1. The lowest BCUT2D eigenvalue weighted by Gasteiger charge is -2.20. The molecule has 5 N–H and O–H groups in total. The SMILES string of the molecule is CCOc1nc(NN)nc(N[C@H](CO)C(C)C)n1. The van der Waals surface area contributed by atoms with Crippen LogP contribution in [0.15, 0.2) is 0 Å². The van der Waals surface area contributed by atoms with Crippen molar-refractivity contribution >= 4 is 11.9 Å². The number of aromatic nitrogens is 3. The van der Waals surface area contributed by atoms with Crippen LogP contribution < -0.4 is 21.3 Å². The van der Waals surface area contributed by atoms with Crippen LogP contribution in [0.1, 0.15) is 20.8 Å². The minimum absolute atomic E-state index is 0.0152. The highest BCUT2D eigenvalue weighted by Gasteiger charge is 2.15. The van der Waals surface area contributed by atoms with Crippen molar-refractivity contribution in [2.45, 2.75) is 26.8 Å². The molecule has 1 rings (SSSR count). The molecule has 0 aliphatic heterocycles. The van der Waals surface area contributed by atoms with Crippen LogP contribution in [0.4, 0.5) is 11.9 Å². The van der Waals surface area contributed by atoms with Gasteiger partial charge in [-0.15, -0.1) is 0 Å². The molecule has 1 aromatic rings. The third kappa shape index (κ3) is 3.97. The average Bonchev–Trinajstić information content (AvgIpc) is 2.35. The lowest BCUT2D eigenvalue weighted by Crippen LogP contribution is -2.30. The van der Waals surface area contributed by atoms with Crippen molar-refractivity contribution in [2.75, 3.05) is 24.0 Å². The highest BCUT2D eigenvalue weighted by molar-refractivity contribution is 5.35. The van der Waals surface area contributed by atoms with E-state index in [4.69, 9.17) is 10.6 Å². The predicted octanol–water partition coefficient (Wildman–Crippen LogP) is -0.0153. The van der Waals surface area contributed by atoms with E-state index < -0.39 is 0 Å². The zero-order valence-electron chi connectivity index (χ0n) is 10.8. The fourth-order valence-electron chi connectivity index (χ4n) is 1.27. The molecule has 0 amide bonds. The molecule has 1 heterocycles. The second-order valence-electron chi connectivity index (χ2n) is 4.02. The molecule has 8 heteroatoms. The number of nitrogen functional groups attached to an aromatic ring is 1. The molecule has 0 aromatic carbocycles. The summed E-state index contributed by atoms with van der Waals surface area (Å²) in [7, 11) is 0. The van der Waals surface area contributed by atoms with Crippen molar-refractivity contribution in [1.82, 2.24) is 15.0 Å². The van der Waals surface area contributed by atoms with Gasteiger partial charge < -0.3 is 15.2 Å². The predicted molar refractivity (Wildman–Crippen MR) is 68.1 cm³/mol. The number of nitrogens with zero attached hydrogens (tertiary/aromatic N) is 3. The molecule has 1 atom stereocenters. The van der Waals surface area contributed by atoms with Gasteiger partial charge in [-0.2, -0.15) is 15.0 Å². The molecule has 18 heavy (non-hydrogen) atoms. The lowest BCUT2D eigenvalue weighted by atomic mass is 10.1. The Balaban J connectivity index is 2.89. The van der Waals surface area contributed by atoms with E-state index in [9.17, 15) is 5.11 Å². The second kappa shape index (κ2) is 6.92. The van der Waals surface area contributed by atoms with Crippen LogP contribution in [-0.4, -0.2) is 39.3 Å². The van der Waals surface area contributed by atoms with Gasteiger partial charge in [0.25, 0.3) is 0 Å². The number of aliphatic hydroxyl groups is 1. The summed E-state index contributed by atoms with van der Waals surface area (Å²) in [4.78, 5) is 12.1. The third-order valence-electron chi connectivity index (χ3n) is 2.33. The van der Waals surface area contributed by atoms with E-state index in [2.05, 4.69) is 25.7 Å². The standard InChI is InChI=1S/C10H20N6O2/c1-4-18-10-14-8(13-9(15-10)16-11)12-7(5-17)6(2)3/h6-7,17H,4-5,11H2,1-3H3,(H2,12,13,14,15,16)/t7-/m1/s1. The molecule has 0 unspecified atom stereocenters. The molecule has 1 aromatic heterocycles. The first-order valence-electron chi connectivity index (χ1n) is 5.83. The summed E-state index contributed by atoms with van der Waals surface area (Å²) in [5.41, 5.74) is 2.34. The Morgan fingerprint density at radius 3 is 2.44 bits per heavy atom. The number of hydrogen-bond acceptors (Lipinski definition) is 8. The van der Waals surface area contributed by atoms with Crippen LogP contribution in [-0.2, 0) is 0 Å². The van der Waals surface area contributed by atoms with Crippen LogP contribution in [0.5, 0.6) is 6.01 Å². The lowest BCUT2D eigenvalue weighted by molar-refractivity contribution is 0.248. The molecule has 8 nitrogen and oxygen atoms in total. The van der Waals surface area contributed by atoms with Crippen LogP contribution >= 0.6 is 0 Å². The van der Waals surface area contributed by atoms with E-state index in [0.29, 0.717) is 12.6 Å².